The average Bonchev–Trinajstić information content (AvgIpc) is 3.18. The average molecular weight is 370 g/mol. The van der Waals surface area contributed by atoms with Gasteiger partial charge in [-0.15, -0.1) is 0 Å². The molecule has 27 heavy (non-hydrogen) atoms. The Morgan fingerprint density at radius 3 is 2.59 bits per heavy atom. The quantitative estimate of drug-likeness (QED) is 0.801. The lowest BCUT2D eigenvalue weighted by Crippen LogP contribution is -2.36. The van der Waals surface area contributed by atoms with Crippen LogP contribution in [0.25, 0.3) is 0 Å². The molecule has 0 unspecified atom stereocenters. The molecule has 7 heteroatoms. The highest BCUT2D eigenvalue weighted by Gasteiger charge is 2.20. The molecule has 0 radical (unpaired) electrons. The summed E-state index contributed by atoms with van der Waals surface area (Å²) in [5.41, 5.74) is 2.55. The summed E-state index contributed by atoms with van der Waals surface area (Å²) in [6.07, 6.45) is 2.12. The zero-order chi connectivity index (χ0) is 19.2. The highest BCUT2D eigenvalue weighted by atomic mass is 16.5. The van der Waals surface area contributed by atoms with Gasteiger partial charge in [0.05, 0.1) is 12.3 Å². The number of nitrogens with zero attached hydrogens (tertiary/aromatic N) is 3. The Balaban J connectivity index is 1.75. The SMILES string of the molecule is COCc1cc(=O)n(CC(=O)NCc2ccc(C)cc2)c(N2CCCC2)n1. The highest BCUT2D eigenvalue weighted by Crippen LogP contribution is 2.17. The van der Waals surface area contributed by atoms with Crippen molar-refractivity contribution in [2.45, 2.75) is 39.5 Å². The van der Waals surface area contributed by atoms with Gasteiger partial charge < -0.3 is 15.0 Å². The van der Waals surface area contributed by atoms with Crippen molar-refractivity contribution < 1.29 is 9.53 Å². The minimum atomic E-state index is -0.232. The van der Waals surface area contributed by atoms with Gasteiger partial charge in [0.15, 0.2) is 0 Å². The van der Waals surface area contributed by atoms with Gasteiger partial charge in [0, 0.05) is 32.8 Å². The first-order chi connectivity index (χ1) is 13.1. The van der Waals surface area contributed by atoms with Crippen LogP contribution in [0.2, 0.25) is 0 Å². The second-order valence-corrected chi connectivity index (χ2v) is 6.86. The van der Waals surface area contributed by atoms with Crippen LogP contribution in [0.5, 0.6) is 0 Å². The molecule has 0 atom stereocenters. The van der Waals surface area contributed by atoms with Crippen molar-refractivity contribution in [3.63, 3.8) is 0 Å². The minimum absolute atomic E-state index is 0.0449. The first-order valence-corrected chi connectivity index (χ1v) is 9.23. The van der Waals surface area contributed by atoms with Crippen molar-refractivity contribution in [1.29, 1.82) is 0 Å². The van der Waals surface area contributed by atoms with E-state index in [1.54, 1.807) is 7.11 Å². The van der Waals surface area contributed by atoms with E-state index in [0.717, 1.165) is 31.5 Å². The largest absolute Gasteiger partial charge is 0.378 e. The predicted octanol–water partition coefficient (Wildman–Crippen LogP) is 1.61. The third-order valence-electron chi connectivity index (χ3n) is 4.63. The molecule has 1 aromatic carbocycles. The Morgan fingerprint density at radius 2 is 1.93 bits per heavy atom. The van der Waals surface area contributed by atoms with Crippen molar-refractivity contribution in [3.8, 4) is 0 Å². The Kier molecular flexibility index (Phi) is 6.24. The lowest BCUT2D eigenvalue weighted by Gasteiger charge is -2.21. The molecule has 0 spiro atoms. The summed E-state index contributed by atoms with van der Waals surface area (Å²) >= 11 is 0. The summed E-state index contributed by atoms with van der Waals surface area (Å²) < 4.78 is 6.56. The molecule has 1 N–H and O–H groups in total. The molecule has 0 aliphatic carbocycles. The van der Waals surface area contributed by atoms with Crippen molar-refractivity contribution in [3.05, 3.63) is 57.5 Å². The van der Waals surface area contributed by atoms with E-state index in [4.69, 9.17) is 4.74 Å². The molecule has 2 aromatic rings. The number of anilines is 1. The number of nitrogens with one attached hydrogen (secondary N) is 1. The zero-order valence-electron chi connectivity index (χ0n) is 15.9. The summed E-state index contributed by atoms with van der Waals surface area (Å²) in [6.45, 7) is 4.37. The molecule has 1 fully saturated rings. The number of hydrogen-bond acceptors (Lipinski definition) is 5. The first kappa shape index (κ1) is 19.1. The maximum Gasteiger partial charge on any atom is 0.255 e. The molecule has 1 aliphatic heterocycles. The summed E-state index contributed by atoms with van der Waals surface area (Å²) in [4.78, 5) is 31.7. The molecule has 144 valence electrons. The van der Waals surface area contributed by atoms with Crippen LogP contribution in [0.4, 0.5) is 5.95 Å². The molecule has 1 aliphatic rings. The summed E-state index contributed by atoms with van der Waals surface area (Å²) in [6, 6.07) is 9.43. The Bertz CT molecular complexity index is 839. The van der Waals surface area contributed by atoms with Crippen LogP contribution in [0.1, 0.15) is 29.7 Å². The van der Waals surface area contributed by atoms with E-state index in [9.17, 15) is 9.59 Å². The van der Waals surface area contributed by atoms with Gasteiger partial charge >= 0.3 is 0 Å². The normalized spacial score (nSPS) is 13.8. The highest BCUT2D eigenvalue weighted by molar-refractivity contribution is 5.76. The number of rotatable bonds is 7. The van der Waals surface area contributed by atoms with Crippen molar-refractivity contribution in [2.75, 3.05) is 25.1 Å². The molecule has 1 aromatic heterocycles. The molecular formula is C20H26N4O3. The first-order valence-electron chi connectivity index (χ1n) is 9.23. The molecule has 1 saturated heterocycles. The van der Waals surface area contributed by atoms with E-state index in [-0.39, 0.29) is 24.6 Å². The fraction of sp³-hybridized carbons (Fsp3) is 0.450. The van der Waals surface area contributed by atoms with Gasteiger partial charge in [-0.2, -0.15) is 0 Å². The second-order valence-electron chi connectivity index (χ2n) is 6.86. The standard InChI is InChI=1S/C20H26N4O3/c1-15-5-7-16(8-6-15)12-21-18(25)13-24-19(26)11-17(14-27-2)22-20(24)23-9-3-4-10-23/h5-8,11H,3-4,9-10,12-14H2,1-2H3,(H,21,25). The van der Waals surface area contributed by atoms with Gasteiger partial charge in [-0.3, -0.25) is 14.2 Å². The van der Waals surface area contributed by atoms with Crippen molar-refractivity contribution >= 4 is 11.9 Å². The van der Waals surface area contributed by atoms with Crippen LogP contribution in [0, 0.1) is 6.92 Å². The van der Waals surface area contributed by atoms with Gasteiger partial charge in [-0.1, -0.05) is 29.8 Å². The smallest absolute Gasteiger partial charge is 0.255 e. The Hall–Kier alpha value is -2.67. The molecule has 0 bridgehead atoms. The number of ether oxygens (including phenoxy) is 1. The third-order valence-corrected chi connectivity index (χ3v) is 4.63. The molecule has 3 rings (SSSR count). The summed E-state index contributed by atoms with van der Waals surface area (Å²) in [5, 5.41) is 2.88. The van der Waals surface area contributed by atoms with Gasteiger partial charge in [0.1, 0.15) is 6.54 Å². The maximum absolute atomic E-state index is 12.6. The van der Waals surface area contributed by atoms with Crippen LogP contribution >= 0.6 is 0 Å². The molecule has 7 nitrogen and oxygen atoms in total. The van der Waals surface area contributed by atoms with Gasteiger partial charge in [-0.05, 0) is 25.3 Å². The van der Waals surface area contributed by atoms with E-state index in [0.29, 0.717) is 18.2 Å². The Labute approximate surface area is 159 Å². The summed E-state index contributed by atoms with van der Waals surface area (Å²) in [7, 11) is 1.57. The molecule has 2 heterocycles. The van der Waals surface area contributed by atoms with Gasteiger partial charge in [-0.25, -0.2) is 4.98 Å². The van der Waals surface area contributed by atoms with E-state index in [1.165, 1.54) is 16.2 Å². The van der Waals surface area contributed by atoms with Crippen LogP contribution in [0.15, 0.2) is 35.1 Å². The number of methoxy groups -OCH3 is 1. The number of aromatic nitrogens is 2. The number of carbonyl (C=O) groups excluding carboxylic acids is 1. The van der Waals surface area contributed by atoms with Gasteiger partial charge in [0.25, 0.3) is 5.56 Å². The summed E-state index contributed by atoms with van der Waals surface area (Å²) in [5.74, 6) is 0.344. The lowest BCUT2D eigenvalue weighted by molar-refractivity contribution is -0.121. The number of carbonyl (C=O) groups is 1. The number of amides is 1. The van der Waals surface area contributed by atoms with E-state index in [1.807, 2.05) is 31.2 Å². The molecule has 1 amide bonds. The predicted molar refractivity (Wildman–Crippen MR) is 104 cm³/mol. The molecule has 0 saturated carbocycles. The zero-order valence-corrected chi connectivity index (χ0v) is 15.9. The van der Waals surface area contributed by atoms with E-state index >= 15 is 0 Å². The van der Waals surface area contributed by atoms with Crippen molar-refractivity contribution in [2.24, 2.45) is 0 Å². The van der Waals surface area contributed by atoms with E-state index in [2.05, 4.69) is 15.2 Å². The number of aryl methyl sites for hydroxylation is 1. The monoisotopic (exact) mass is 370 g/mol. The third kappa shape index (κ3) is 4.95. The van der Waals surface area contributed by atoms with Crippen LogP contribution in [-0.2, 0) is 29.2 Å². The fourth-order valence-electron chi connectivity index (χ4n) is 3.18. The molecular weight excluding hydrogens is 344 g/mol. The topological polar surface area (TPSA) is 76.5 Å². The number of benzene rings is 1. The van der Waals surface area contributed by atoms with Crippen LogP contribution in [-0.4, -0.2) is 35.7 Å². The van der Waals surface area contributed by atoms with Crippen LogP contribution in [0.3, 0.4) is 0 Å². The van der Waals surface area contributed by atoms with Crippen molar-refractivity contribution in [1.82, 2.24) is 14.9 Å². The Morgan fingerprint density at radius 1 is 1.22 bits per heavy atom. The van der Waals surface area contributed by atoms with E-state index < -0.39 is 0 Å². The fourth-order valence-corrected chi connectivity index (χ4v) is 3.18. The van der Waals surface area contributed by atoms with Crippen LogP contribution < -0.4 is 15.8 Å². The maximum atomic E-state index is 12.6. The van der Waals surface area contributed by atoms with Gasteiger partial charge in [0.2, 0.25) is 11.9 Å². The lowest BCUT2D eigenvalue weighted by atomic mass is 10.1. The minimum Gasteiger partial charge on any atom is -0.378 e. The second kappa shape index (κ2) is 8.81. The number of hydrogen-bond donors (Lipinski definition) is 1.